The van der Waals surface area contributed by atoms with Gasteiger partial charge >= 0.3 is 5.97 Å². The second-order valence-corrected chi connectivity index (χ2v) is 5.33. The third-order valence-electron chi connectivity index (χ3n) is 4.39. The number of imide groups is 1. The molecule has 5 atom stereocenters. The SMILES string of the molecule is COC(=O)C(O)CN1C(=O)C2C3C=CC(C3)C2C1=O. The number of carbonyl (C=O) groups is 3. The Morgan fingerprint density at radius 3 is 2.37 bits per heavy atom. The summed E-state index contributed by atoms with van der Waals surface area (Å²) in [7, 11) is 1.15. The maximum atomic E-state index is 12.2. The monoisotopic (exact) mass is 265 g/mol. The first-order chi connectivity index (χ1) is 9.04. The van der Waals surface area contributed by atoms with E-state index in [1.807, 2.05) is 12.2 Å². The Balaban J connectivity index is 1.77. The van der Waals surface area contributed by atoms with Crippen molar-refractivity contribution in [3.05, 3.63) is 12.2 Å². The van der Waals surface area contributed by atoms with Crippen molar-refractivity contribution in [2.45, 2.75) is 12.5 Å². The minimum absolute atomic E-state index is 0.131. The highest BCUT2D eigenvalue weighted by atomic mass is 16.5. The van der Waals surface area contributed by atoms with E-state index >= 15 is 0 Å². The maximum Gasteiger partial charge on any atom is 0.336 e. The largest absolute Gasteiger partial charge is 0.467 e. The molecule has 1 heterocycles. The highest BCUT2D eigenvalue weighted by Crippen LogP contribution is 2.52. The van der Waals surface area contributed by atoms with E-state index in [4.69, 9.17) is 0 Å². The molecule has 0 spiro atoms. The van der Waals surface area contributed by atoms with Crippen LogP contribution in [0.1, 0.15) is 6.42 Å². The molecule has 2 fully saturated rings. The van der Waals surface area contributed by atoms with E-state index in [1.165, 1.54) is 0 Å². The fourth-order valence-electron chi connectivity index (χ4n) is 3.53. The summed E-state index contributed by atoms with van der Waals surface area (Å²) in [6.45, 7) is -0.309. The molecule has 2 amide bonds. The predicted molar refractivity (Wildman–Crippen MR) is 62.5 cm³/mol. The van der Waals surface area contributed by atoms with Crippen LogP contribution >= 0.6 is 0 Å². The molecule has 1 saturated carbocycles. The van der Waals surface area contributed by atoms with Crippen molar-refractivity contribution in [2.24, 2.45) is 23.7 Å². The second kappa shape index (κ2) is 4.16. The average Bonchev–Trinajstić information content (AvgIpc) is 3.07. The number of esters is 1. The van der Waals surface area contributed by atoms with Crippen LogP contribution in [0, 0.1) is 23.7 Å². The molecule has 1 saturated heterocycles. The Kier molecular flexibility index (Phi) is 2.70. The van der Waals surface area contributed by atoms with Gasteiger partial charge in [-0.05, 0) is 18.3 Å². The topological polar surface area (TPSA) is 83.9 Å². The number of fused-ring (bicyclic) bond motifs is 5. The van der Waals surface area contributed by atoms with E-state index in [9.17, 15) is 19.5 Å². The van der Waals surface area contributed by atoms with Crippen molar-refractivity contribution < 1.29 is 24.2 Å². The minimum Gasteiger partial charge on any atom is -0.467 e. The molecule has 2 aliphatic carbocycles. The zero-order valence-corrected chi connectivity index (χ0v) is 10.5. The van der Waals surface area contributed by atoms with Crippen molar-refractivity contribution >= 4 is 17.8 Å². The number of likely N-dealkylation sites (tertiary alicyclic amines) is 1. The van der Waals surface area contributed by atoms with Gasteiger partial charge in [-0.2, -0.15) is 0 Å². The van der Waals surface area contributed by atoms with Crippen LogP contribution in [0.25, 0.3) is 0 Å². The Morgan fingerprint density at radius 2 is 1.89 bits per heavy atom. The summed E-state index contributed by atoms with van der Waals surface area (Å²) in [4.78, 5) is 36.7. The van der Waals surface area contributed by atoms with Crippen molar-refractivity contribution in [1.29, 1.82) is 0 Å². The molecule has 102 valence electrons. The average molecular weight is 265 g/mol. The lowest BCUT2D eigenvalue weighted by Crippen LogP contribution is -2.42. The Hall–Kier alpha value is -1.69. The summed E-state index contributed by atoms with van der Waals surface area (Å²) in [5.41, 5.74) is 0. The van der Waals surface area contributed by atoms with E-state index in [1.54, 1.807) is 0 Å². The van der Waals surface area contributed by atoms with Crippen LogP contribution in [-0.4, -0.2) is 47.5 Å². The molecule has 1 N–H and O–H groups in total. The number of aliphatic hydroxyl groups is 1. The van der Waals surface area contributed by atoms with Crippen molar-refractivity contribution in [3.63, 3.8) is 0 Å². The van der Waals surface area contributed by atoms with Gasteiger partial charge in [0.2, 0.25) is 11.8 Å². The van der Waals surface area contributed by atoms with E-state index < -0.39 is 12.1 Å². The first-order valence-corrected chi connectivity index (χ1v) is 6.34. The maximum absolute atomic E-state index is 12.2. The zero-order valence-electron chi connectivity index (χ0n) is 10.5. The molecule has 5 unspecified atom stereocenters. The Morgan fingerprint density at radius 1 is 1.37 bits per heavy atom. The first kappa shape index (κ1) is 12.3. The molecular formula is C13H15NO5. The van der Waals surface area contributed by atoms with Gasteiger partial charge in [0.25, 0.3) is 0 Å². The molecule has 0 aromatic carbocycles. The number of methoxy groups -OCH3 is 1. The molecule has 3 aliphatic rings. The van der Waals surface area contributed by atoms with Crippen LogP contribution < -0.4 is 0 Å². The Labute approximate surface area is 110 Å². The zero-order chi connectivity index (χ0) is 13.7. The number of allylic oxidation sites excluding steroid dienone is 2. The molecular weight excluding hydrogens is 250 g/mol. The molecule has 0 radical (unpaired) electrons. The number of amides is 2. The van der Waals surface area contributed by atoms with E-state index in [0.717, 1.165) is 18.4 Å². The number of hydrogen-bond acceptors (Lipinski definition) is 5. The van der Waals surface area contributed by atoms with Gasteiger partial charge in [0.15, 0.2) is 6.10 Å². The lowest BCUT2D eigenvalue weighted by molar-refractivity contribution is -0.153. The van der Waals surface area contributed by atoms with Crippen molar-refractivity contribution in [1.82, 2.24) is 4.90 Å². The molecule has 0 aromatic heterocycles. The third-order valence-corrected chi connectivity index (χ3v) is 4.39. The summed E-state index contributed by atoms with van der Waals surface area (Å²) in [6, 6.07) is 0. The van der Waals surface area contributed by atoms with Crippen molar-refractivity contribution in [3.8, 4) is 0 Å². The van der Waals surface area contributed by atoms with Crippen LogP contribution in [0.3, 0.4) is 0 Å². The summed E-state index contributed by atoms with van der Waals surface area (Å²) in [5.74, 6) is -1.71. The molecule has 6 heteroatoms. The van der Waals surface area contributed by atoms with Gasteiger partial charge in [-0.3, -0.25) is 14.5 Å². The van der Waals surface area contributed by atoms with Crippen LogP contribution in [0.15, 0.2) is 12.2 Å². The van der Waals surface area contributed by atoms with E-state index in [2.05, 4.69) is 4.74 Å². The minimum atomic E-state index is -1.47. The Bertz CT molecular complexity index is 455. The lowest BCUT2D eigenvalue weighted by Gasteiger charge is -2.19. The van der Waals surface area contributed by atoms with Gasteiger partial charge in [0, 0.05) is 0 Å². The van der Waals surface area contributed by atoms with Gasteiger partial charge in [0.05, 0.1) is 25.5 Å². The first-order valence-electron chi connectivity index (χ1n) is 6.34. The second-order valence-electron chi connectivity index (χ2n) is 5.33. The highest BCUT2D eigenvalue weighted by molar-refractivity contribution is 6.06. The van der Waals surface area contributed by atoms with Crippen LogP contribution in [0.5, 0.6) is 0 Å². The number of nitrogens with zero attached hydrogens (tertiary/aromatic N) is 1. The quantitative estimate of drug-likeness (QED) is 0.415. The summed E-state index contributed by atoms with van der Waals surface area (Å²) >= 11 is 0. The number of aliphatic hydroxyl groups excluding tert-OH is 1. The highest BCUT2D eigenvalue weighted by Gasteiger charge is 2.59. The molecule has 3 rings (SSSR count). The van der Waals surface area contributed by atoms with Gasteiger partial charge in [-0.1, -0.05) is 12.2 Å². The molecule has 1 aliphatic heterocycles. The molecule has 2 bridgehead atoms. The number of carbonyl (C=O) groups excluding carboxylic acids is 3. The van der Waals surface area contributed by atoms with E-state index in [-0.39, 0.29) is 42.0 Å². The standard InChI is InChI=1S/C13H15NO5/c1-19-13(18)8(15)5-14-11(16)9-6-2-3-7(4-6)10(9)12(14)17/h2-3,6-10,15H,4-5H2,1H3. The molecule has 0 aromatic rings. The van der Waals surface area contributed by atoms with Gasteiger partial charge in [-0.15, -0.1) is 0 Å². The van der Waals surface area contributed by atoms with Gasteiger partial charge < -0.3 is 9.84 Å². The van der Waals surface area contributed by atoms with Crippen LogP contribution in [-0.2, 0) is 19.1 Å². The summed E-state index contributed by atoms with van der Waals surface area (Å²) in [6.07, 6.45) is 3.39. The predicted octanol–water partition coefficient (Wildman–Crippen LogP) is -0.673. The lowest BCUT2D eigenvalue weighted by atomic mass is 9.85. The van der Waals surface area contributed by atoms with Crippen LogP contribution in [0.4, 0.5) is 0 Å². The number of rotatable bonds is 3. The third kappa shape index (κ3) is 1.63. The number of ether oxygens (including phenoxy) is 1. The van der Waals surface area contributed by atoms with E-state index in [0.29, 0.717) is 0 Å². The number of β-amino-alcohol motifs (C(OH)–C–C–N with tert-alkyl or cyclic N) is 1. The summed E-state index contributed by atoms with van der Waals surface area (Å²) in [5, 5.41) is 9.59. The van der Waals surface area contributed by atoms with Gasteiger partial charge in [-0.25, -0.2) is 4.79 Å². The van der Waals surface area contributed by atoms with Gasteiger partial charge in [0.1, 0.15) is 0 Å². The van der Waals surface area contributed by atoms with Crippen LogP contribution in [0.2, 0.25) is 0 Å². The number of hydrogen-bond donors (Lipinski definition) is 1. The molecule has 19 heavy (non-hydrogen) atoms. The fraction of sp³-hybridized carbons (Fsp3) is 0.615. The van der Waals surface area contributed by atoms with Crippen molar-refractivity contribution in [2.75, 3.05) is 13.7 Å². The smallest absolute Gasteiger partial charge is 0.336 e. The molecule has 6 nitrogen and oxygen atoms in total. The fourth-order valence-corrected chi connectivity index (χ4v) is 3.53. The normalized spacial score (nSPS) is 36.8. The summed E-state index contributed by atoms with van der Waals surface area (Å²) < 4.78 is 4.39.